The third-order valence-electron chi connectivity index (χ3n) is 2.85. The maximum Gasteiger partial charge on any atom is 0.422 e. The molecule has 1 heterocycles. The molecule has 0 radical (unpaired) electrons. The van der Waals surface area contributed by atoms with E-state index in [-0.39, 0.29) is 22.4 Å². The number of aryl methyl sites for hydroxylation is 1. The number of hydrogen-bond donors (Lipinski definition) is 1. The predicted octanol–water partition coefficient (Wildman–Crippen LogP) is 3.16. The van der Waals surface area contributed by atoms with Gasteiger partial charge >= 0.3 is 6.18 Å². The minimum atomic E-state index is -4.48. The number of nitrogens with zero attached hydrogens (tertiary/aromatic N) is 1. The zero-order chi connectivity index (χ0) is 16.3. The average molecular weight is 308 g/mol. The molecule has 0 unspecified atom stereocenters. The molecule has 114 valence electrons. The van der Waals surface area contributed by atoms with Crippen molar-refractivity contribution in [2.45, 2.75) is 13.1 Å². The van der Waals surface area contributed by atoms with Gasteiger partial charge in [0.05, 0.1) is 0 Å². The summed E-state index contributed by atoms with van der Waals surface area (Å²) in [6.07, 6.45) is -4.48. The van der Waals surface area contributed by atoms with Crippen molar-refractivity contribution in [3.8, 4) is 22.9 Å². The minimum absolute atomic E-state index is 0.0404. The topological polar surface area (TPSA) is 65.9 Å². The van der Waals surface area contributed by atoms with Crippen molar-refractivity contribution in [1.82, 2.24) is 4.98 Å². The van der Waals surface area contributed by atoms with Gasteiger partial charge in [-0.2, -0.15) is 18.4 Å². The number of H-pyrrole nitrogens is 1. The number of hydrogen-bond acceptors (Lipinski definition) is 3. The summed E-state index contributed by atoms with van der Waals surface area (Å²) in [6, 6.07) is 9.26. The van der Waals surface area contributed by atoms with Gasteiger partial charge in [0.25, 0.3) is 5.56 Å². The van der Waals surface area contributed by atoms with E-state index in [1.807, 2.05) is 0 Å². The molecule has 0 bridgehead atoms. The fraction of sp³-hybridized carbons (Fsp3) is 0.200. The lowest BCUT2D eigenvalue weighted by Gasteiger charge is -2.14. The Hall–Kier alpha value is -2.75. The number of halogens is 3. The third kappa shape index (κ3) is 3.47. The van der Waals surface area contributed by atoms with E-state index in [9.17, 15) is 18.0 Å². The van der Waals surface area contributed by atoms with Gasteiger partial charge in [0.1, 0.15) is 17.4 Å². The average Bonchev–Trinajstić information content (AvgIpc) is 2.44. The van der Waals surface area contributed by atoms with Gasteiger partial charge in [0, 0.05) is 16.8 Å². The molecule has 0 fully saturated rings. The Morgan fingerprint density at radius 3 is 2.59 bits per heavy atom. The predicted molar refractivity (Wildman–Crippen MR) is 73.5 cm³/mol. The Bertz CT molecular complexity index is 789. The van der Waals surface area contributed by atoms with E-state index in [4.69, 9.17) is 10.00 Å². The maximum atomic E-state index is 12.3. The quantitative estimate of drug-likeness (QED) is 0.947. The first-order valence-electron chi connectivity index (χ1n) is 6.25. The van der Waals surface area contributed by atoms with Crippen molar-refractivity contribution < 1.29 is 17.9 Å². The second-order valence-corrected chi connectivity index (χ2v) is 4.58. The fourth-order valence-electron chi connectivity index (χ4n) is 1.99. The van der Waals surface area contributed by atoms with Crippen LogP contribution in [0, 0.1) is 18.3 Å². The first-order valence-corrected chi connectivity index (χ1v) is 6.25. The first-order chi connectivity index (χ1) is 10.3. The Balaban J connectivity index is 2.55. The van der Waals surface area contributed by atoms with E-state index in [2.05, 4.69) is 4.98 Å². The van der Waals surface area contributed by atoms with E-state index in [1.54, 1.807) is 19.1 Å². The van der Waals surface area contributed by atoms with Crippen LogP contribution in [-0.4, -0.2) is 17.8 Å². The van der Waals surface area contributed by atoms with Crippen molar-refractivity contribution >= 4 is 0 Å². The van der Waals surface area contributed by atoms with Gasteiger partial charge < -0.3 is 9.72 Å². The molecule has 0 spiro atoms. The summed E-state index contributed by atoms with van der Waals surface area (Å²) in [4.78, 5) is 14.3. The number of ether oxygens (including phenoxy) is 1. The molecule has 0 saturated carbocycles. The van der Waals surface area contributed by atoms with Gasteiger partial charge in [-0.1, -0.05) is 18.2 Å². The first kappa shape index (κ1) is 15.6. The number of pyridine rings is 1. The van der Waals surface area contributed by atoms with Crippen molar-refractivity contribution in [3.05, 3.63) is 51.9 Å². The van der Waals surface area contributed by atoms with Crippen molar-refractivity contribution in [3.63, 3.8) is 0 Å². The summed E-state index contributed by atoms with van der Waals surface area (Å²) < 4.78 is 41.7. The molecule has 0 aliphatic heterocycles. The number of aromatic nitrogens is 1. The second-order valence-electron chi connectivity index (χ2n) is 4.58. The molecule has 1 aromatic heterocycles. The largest absolute Gasteiger partial charge is 0.483 e. The number of nitriles is 1. The van der Waals surface area contributed by atoms with E-state index < -0.39 is 18.3 Å². The number of aromatic amines is 1. The van der Waals surface area contributed by atoms with Crippen molar-refractivity contribution in [1.29, 1.82) is 5.26 Å². The molecule has 0 amide bonds. The summed E-state index contributed by atoms with van der Waals surface area (Å²) in [5.74, 6) is -0.0404. The lowest BCUT2D eigenvalue weighted by molar-refractivity contribution is -0.153. The molecule has 1 N–H and O–H groups in total. The van der Waals surface area contributed by atoms with Crippen LogP contribution in [0.2, 0.25) is 0 Å². The van der Waals surface area contributed by atoms with Gasteiger partial charge in [-0.05, 0) is 19.1 Å². The Labute approximate surface area is 123 Å². The van der Waals surface area contributed by atoms with Gasteiger partial charge in [-0.3, -0.25) is 4.79 Å². The van der Waals surface area contributed by atoms with Crippen LogP contribution in [0.4, 0.5) is 13.2 Å². The van der Waals surface area contributed by atoms with Crippen LogP contribution in [0.5, 0.6) is 5.75 Å². The summed E-state index contributed by atoms with van der Waals surface area (Å²) in [7, 11) is 0. The molecule has 1 aromatic carbocycles. The lowest BCUT2D eigenvalue weighted by Crippen LogP contribution is -2.19. The standard InChI is InChI=1S/C15H11F3N2O2/c1-9-6-11(12(7-19)14(21)20-9)10-4-2-3-5-13(10)22-8-15(16,17)18/h2-6H,8H2,1H3,(H,20,21). The monoisotopic (exact) mass is 308 g/mol. The van der Waals surface area contributed by atoms with Crippen LogP contribution in [0.3, 0.4) is 0 Å². The van der Waals surface area contributed by atoms with Crippen LogP contribution in [0.15, 0.2) is 35.1 Å². The second kappa shape index (κ2) is 5.93. The summed E-state index contributed by atoms with van der Waals surface area (Å²) in [5, 5.41) is 9.11. The van der Waals surface area contributed by atoms with Gasteiger partial charge in [0.15, 0.2) is 6.61 Å². The molecule has 2 rings (SSSR count). The van der Waals surface area contributed by atoms with E-state index >= 15 is 0 Å². The Morgan fingerprint density at radius 2 is 1.95 bits per heavy atom. The highest BCUT2D eigenvalue weighted by molar-refractivity contribution is 5.75. The number of benzene rings is 1. The zero-order valence-electron chi connectivity index (χ0n) is 11.5. The van der Waals surface area contributed by atoms with E-state index in [0.29, 0.717) is 5.69 Å². The highest BCUT2D eigenvalue weighted by atomic mass is 19.4. The van der Waals surface area contributed by atoms with E-state index in [0.717, 1.165) is 0 Å². The van der Waals surface area contributed by atoms with E-state index in [1.165, 1.54) is 24.3 Å². The Morgan fingerprint density at radius 1 is 1.27 bits per heavy atom. The summed E-state index contributed by atoms with van der Waals surface area (Å²) in [5.41, 5.74) is 0.223. The minimum Gasteiger partial charge on any atom is -0.483 e. The van der Waals surface area contributed by atoms with Crippen molar-refractivity contribution in [2.75, 3.05) is 6.61 Å². The summed E-state index contributed by atoms with van der Waals surface area (Å²) >= 11 is 0. The Kier molecular flexibility index (Phi) is 4.22. The molecular weight excluding hydrogens is 297 g/mol. The van der Waals surface area contributed by atoms with Gasteiger partial charge in [-0.25, -0.2) is 0 Å². The molecule has 4 nitrogen and oxygen atoms in total. The molecule has 0 aliphatic rings. The van der Waals surface area contributed by atoms with Crippen LogP contribution in [0.1, 0.15) is 11.3 Å². The fourth-order valence-corrected chi connectivity index (χ4v) is 1.99. The molecule has 0 atom stereocenters. The number of rotatable bonds is 3. The number of nitrogens with one attached hydrogen (secondary N) is 1. The SMILES string of the molecule is Cc1cc(-c2ccccc2OCC(F)(F)F)c(C#N)c(=O)[nH]1. The molecule has 2 aromatic rings. The zero-order valence-corrected chi connectivity index (χ0v) is 11.5. The van der Waals surface area contributed by atoms with Crippen LogP contribution >= 0.6 is 0 Å². The van der Waals surface area contributed by atoms with Gasteiger partial charge in [0.2, 0.25) is 0 Å². The molecule has 0 aliphatic carbocycles. The normalized spacial score (nSPS) is 11.0. The molecular formula is C15H11F3N2O2. The number of para-hydroxylation sites is 1. The van der Waals surface area contributed by atoms with Gasteiger partial charge in [-0.15, -0.1) is 0 Å². The van der Waals surface area contributed by atoms with Crippen LogP contribution in [-0.2, 0) is 0 Å². The van der Waals surface area contributed by atoms with Crippen LogP contribution < -0.4 is 10.3 Å². The molecule has 22 heavy (non-hydrogen) atoms. The van der Waals surface area contributed by atoms with Crippen LogP contribution in [0.25, 0.3) is 11.1 Å². The maximum absolute atomic E-state index is 12.3. The van der Waals surface area contributed by atoms with Crippen molar-refractivity contribution in [2.24, 2.45) is 0 Å². The molecule has 0 saturated heterocycles. The smallest absolute Gasteiger partial charge is 0.422 e. The number of alkyl halides is 3. The molecule has 7 heteroatoms. The third-order valence-corrected chi connectivity index (χ3v) is 2.85. The highest BCUT2D eigenvalue weighted by Crippen LogP contribution is 2.32. The summed E-state index contributed by atoms with van der Waals surface area (Å²) in [6.45, 7) is 0.166. The highest BCUT2D eigenvalue weighted by Gasteiger charge is 2.29. The lowest BCUT2D eigenvalue weighted by atomic mass is 10.0.